The number of piperidine rings is 1. The first-order valence-electron chi connectivity index (χ1n) is 9.86. The standard InChI is InChI=1S/C20H29NO6S/c1-28(24,25)19-8-6-17(7-9-19)26-15-2-4-16(5-3-15)27-18-10-12-21(13-11-18)14-20(22)23/h6-9,15-16,18H,2-5,10-14H2,1H3,(H,22,23). The monoisotopic (exact) mass is 411 g/mol. The zero-order valence-electron chi connectivity index (χ0n) is 16.2. The van der Waals surface area contributed by atoms with Crippen molar-refractivity contribution in [3.05, 3.63) is 24.3 Å². The fraction of sp³-hybridized carbons (Fsp3) is 0.650. The second-order valence-electron chi connectivity index (χ2n) is 7.77. The van der Waals surface area contributed by atoms with Gasteiger partial charge in [-0.25, -0.2) is 8.42 Å². The molecule has 0 bridgehead atoms. The van der Waals surface area contributed by atoms with Crippen LogP contribution in [0, 0.1) is 0 Å². The highest BCUT2D eigenvalue weighted by Crippen LogP contribution is 2.28. The van der Waals surface area contributed by atoms with Crippen LogP contribution in [0.5, 0.6) is 5.75 Å². The van der Waals surface area contributed by atoms with Crippen LogP contribution in [0.3, 0.4) is 0 Å². The van der Waals surface area contributed by atoms with Crippen molar-refractivity contribution < 1.29 is 27.8 Å². The van der Waals surface area contributed by atoms with Crippen LogP contribution < -0.4 is 4.74 Å². The fourth-order valence-electron chi connectivity index (χ4n) is 3.91. The number of nitrogens with zero attached hydrogens (tertiary/aromatic N) is 1. The predicted octanol–water partition coefficient (Wildman–Crippen LogP) is 2.35. The van der Waals surface area contributed by atoms with E-state index in [4.69, 9.17) is 14.6 Å². The molecule has 0 amide bonds. The number of benzene rings is 1. The van der Waals surface area contributed by atoms with E-state index in [1.807, 2.05) is 4.90 Å². The minimum Gasteiger partial charge on any atom is -0.490 e. The summed E-state index contributed by atoms with van der Waals surface area (Å²) in [6.07, 6.45) is 7.27. The van der Waals surface area contributed by atoms with E-state index < -0.39 is 15.8 Å². The molecule has 0 aromatic heterocycles. The van der Waals surface area contributed by atoms with Gasteiger partial charge in [0.2, 0.25) is 0 Å². The van der Waals surface area contributed by atoms with Crippen molar-refractivity contribution in [1.29, 1.82) is 0 Å². The highest BCUT2D eigenvalue weighted by atomic mass is 32.2. The van der Waals surface area contributed by atoms with E-state index in [2.05, 4.69) is 0 Å². The minimum absolute atomic E-state index is 0.111. The van der Waals surface area contributed by atoms with Crippen LogP contribution in [0.2, 0.25) is 0 Å². The number of sulfone groups is 1. The molecule has 1 aromatic rings. The SMILES string of the molecule is CS(=O)(=O)c1ccc(OC2CCC(OC3CCN(CC(=O)O)CC3)CC2)cc1. The second kappa shape index (κ2) is 9.24. The van der Waals surface area contributed by atoms with Gasteiger partial charge in [0, 0.05) is 19.3 Å². The summed E-state index contributed by atoms with van der Waals surface area (Å²) in [5.74, 6) is -0.0776. The van der Waals surface area contributed by atoms with Gasteiger partial charge in [0.05, 0.1) is 29.8 Å². The van der Waals surface area contributed by atoms with Crippen molar-refractivity contribution in [2.24, 2.45) is 0 Å². The van der Waals surface area contributed by atoms with E-state index >= 15 is 0 Å². The third-order valence-electron chi connectivity index (χ3n) is 5.45. The maximum atomic E-state index is 11.5. The average molecular weight is 412 g/mol. The van der Waals surface area contributed by atoms with Crippen LogP contribution in [-0.2, 0) is 19.4 Å². The zero-order chi connectivity index (χ0) is 20.1. The summed E-state index contributed by atoms with van der Waals surface area (Å²) in [4.78, 5) is 13.0. The van der Waals surface area contributed by atoms with Gasteiger partial charge in [0.15, 0.2) is 9.84 Å². The van der Waals surface area contributed by atoms with Crippen molar-refractivity contribution in [2.45, 2.75) is 61.7 Å². The molecule has 156 valence electrons. The van der Waals surface area contributed by atoms with Crippen LogP contribution in [-0.4, -0.2) is 68.6 Å². The molecule has 1 saturated carbocycles. The van der Waals surface area contributed by atoms with Gasteiger partial charge < -0.3 is 14.6 Å². The number of rotatable bonds is 7. The Morgan fingerprint density at radius 2 is 1.54 bits per heavy atom. The van der Waals surface area contributed by atoms with Gasteiger partial charge in [-0.1, -0.05) is 0 Å². The van der Waals surface area contributed by atoms with Gasteiger partial charge in [-0.15, -0.1) is 0 Å². The Morgan fingerprint density at radius 1 is 1.00 bits per heavy atom. The number of carboxylic acid groups (broad SMARTS) is 1. The largest absolute Gasteiger partial charge is 0.490 e. The number of carboxylic acids is 1. The molecule has 0 atom stereocenters. The molecule has 1 aliphatic carbocycles. The molecule has 3 rings (SSSR count). The third-order valence-corrected chi connectivity index (χ3v) is 6.58. The normalized spacial score (nSPS) is 24.8. The van der Waals surface area contributed by atoms with E-state index in [0.29, 0.717) is 10.6 Å². The fourth-order valence-corrected chi connectivity index (χ4v) is 4.54. The molecular formula is C20H29NO6S. The number of likely N-dealkylation sites (tertiary alicyclic amines) is 1. The van der Waals surface area contributed by atoms with Crippen molar-refractivity contribution in [3.63, 3.8) is 0 Å². The lowest BCUT2D eigenvalue weighted by molar-refractivity contribution is -0.139. The summed E-state index contributed by atoms with van der Waals surface area (Å²) < 4.78 is 35.3. The summed E-state index contributed by atoms with van der Waals surface area (Å²) in [6, 6.07) is 6.58. The maximum Gasteiger partial charge on any atom is 0.317 e. The van der Waals surface area contributed by atoms with Gasteiger partial charge in [-0.05, 0) is 62.8 Å². The van der Waals surface area contributed by atoms with E-state index in [0.717, 1.165) is 51.6 Å². The van der Waals surface area contributed by atoms with Crippen molar-refractivity contribution >= 4 is 15.8 Å². The first kappa shape index (κ1) is 21.1. The molecule has 1 N–H and O–H groups in total. The molecule has 0 radical (unpaired) electrons. The molecule has 1 saturated heterocycles. The predicted molar refractivity (Wildman–Crippen MR) is 104 cm³/mol. The summed E-state index contributed by atoms with van der Waals surface area (Å²) in [6.45, 7) is 1.66. The molecule has 2 aliphatic rings. The summed E-state index contributed by atoms with van der Waals surface area (Å²) in [5.41, 5.74) is 0. The maximum absolute atomic E-state index is 11.5. The lowest BCUT2D eigenvalue weighted by atomic mass is 9.94. The van der Waals surface area contributed by atoms with Gasteiger partial charge >= 0.3 is 5.97 Å². The topological polar surface area (TPSA) is 93.1 Å². The van der Waals surface area contributed by atoms with E-state index in [-0.39, 0.29) is 24.9 Å². The number of ether oxygens (including phenoxy) is 2. The van der Waals surface area contributed by atoms with Crippen molar-refractivity contribution in [2.75, 3.05) is 25.9 Å². The Labute approximate surface area is 166 Å². The molecule has 8 heteroatoms. The third kappa shape index (κ3) is 6.18. The lowest BCUT2D eigenvalue weighted by Crippen LogP contribution is -2.41. The summed E-state index contributed by atoms with van der Waals surface area (Å²) in [5, 5.41) is 8.86. The first-order valence-corrected chi connectivity index (χ1v) is 11.7. The Kier molecular flexibility index (Phi) is 6.95. The number of aliphatic carboxylic acids is 1. The van der Waals surface area contributed by atoms with Crippen LogP contribution >= 0.6 is 0 Å². The number of hydrogen-bond acceptors (Lipinski definition) is 6. The molecule has 2 fully saturated rings. The molecule has 28 heavy (non-hydrogen) atoms. The molecule has 7 nitrogen and oxygen atoms in total. The van der Waals surface area contributed by atoms with Crippen LogP contribution in [0.1, 0.15) is 38.5 Å². The Bertz CT molecular complexity index is 747. The highest BCUT2D eigenvalue weighted by molar-refractivity contribution is 7.90. The summed E-state index contributed by atoms with van der Waals surface area (Å²) >= 11 is 0. The molecule has 0 unspecified atom stereocenters. The molecular weight excluding hydrogens is 382 g/mol. The van der Waals surface area contributed by atoms with E-state index in [9.17, 15) is 13.2 Å². The first-order chi connectivity index (χ1) is 13.3. The number of hydrogen-bond donors (Lipinski definition) is 1. The minimum atomic E-state index is -3.19. The van der Waals surface area contributed by atoms with E-state index in [1.165, 1.54) is 6.26 Å². The Hall–Kier alpha value is -1.64. The smallest absolute Gasteiger partial charge is 0.317 e. The second-order valence-corrected chi connectivity index (χ2v) is 9.78. The quantitative estimate of drug-likeness (QED) is 0.736. The average Bonchev–Trinajstić information content (AvgIpc) is 2.64. The van der Waals surface area contributed by atoms with Gasteiger partial charge in [0.1, 0.15) is 5.75 Å². The van der Waals surface area contributed by atoms with Gasteiger partial charge in [0.25, 0.3) is 0 Å². The Morgan fingerprint density at radius 3 is 2.07 bits per heavy atom. The van der Waals surface area contributed by atoms with Crippen LogP contribution in [0.15, 0.2) is 29.2 Å². The molecule has 0 spiro atoms. The van der Waals surface area contributed by atoms with Crippen molar-refractivity contribution in [3.8, 4) is 5.75 Å². The Balaban J connectivity index is 1.38. The molecule has 1 aliphatic heterocycles. The van der Waals surface area contributed by atoms with Crippen LogP contribution in [0.4, 0.5) is 0 Å². The van der Waals surface area contributed by atoms with Gasteiger partial charge in [-0.2, -0.15) is 0 Å². The van der Waals surface area contributed by atoms with E-state index in [1.54, 1.807) is 24.3 Å². The van der Waals surface area contributed by atoms with Crippen LogP contribution in [0.25, 0.3) is 0 Å². The summed E-state index contributed by atoms with van der Waals surface area (Å²) in [7, 11) is -3.19. The number of carbonyl (C=O) groups is 1. The van der Waals surface area contributed by atoms with Crippen molar-refractivity contribution in [1.82, 2.24) is 4.90 Å². The van der Waals surface area contributed by atoms with Gasteiger partial charge in [-0.3, -0.25) is 9.69 Å². The lowest BCUT2D eigenvalue weighted by Gasteiger charge is -2.35. The highest BCUT2D eigenvalue weighted by Gasteiger charge is 2.28. The zero-order valence-corrected chi connectivity index (χ0v) is 17.1. The molecule has 1 heterocycles. The molecule has 1 aromatic carbocycles.